The summed E-state index contributed by atoms with van der Waals surface area (Å²) in [7, 11) is 0. The van der Waals surface area contributed by atoms with Crippen LogP contribution in [0.25, 0.3) is 5.78 Å². The SMILES string of the molecule is Cc1cc(C)n2nc(NC(=O)N[C@H](C)CC(=O)OC(C)(C)C)nc2n1. The Labute approximate surface area is 146 Å². The van der Waals surface area contributed by atoms with Gasteiger partial charge in [0.1, 0.15) is 5.60 Å². The summed E-state index contributed by atoms with van der Waals surface area (Å²) < 4.78 is 6.77. The minimum Gasteiger partial charge on any atom is -0.460 e. The number of aromatic nitrogens is 4. The highest BCUT2D eigenvalue weighted by atomic mass is 16.6. The summed E-state index contributed by atoms with van der Waals surface area (Å²) in [6.45, 7) is 10.8. The van der Waals surface area contributed by atoms with Gasteiger partial charge in [-0.25, -0.2) is 9.78 Å². The molecule has 0 aliphatic rings. The number of ether oxygens (including phenoxy) is 1. The first kappa shape index (κ1) is 18.6. The fourth-order valence-electron chi connectivity index (χ4n) is 2.26. The van der Waals surface area contributed by atoms with Crippen LogP contribution in [0.3, 0.4) is 0 Å². The van der Waals surface area contributed by atoms with Gasteiger partial charge in [0.2, 0.25) is 0 Å². The van der Waals surface area contributed by atoms with Gasteiger partial charge in [-0.05, 0) is 47.6 Å². The number of hydrogen-bond donors (Lipinski definition) is 2. The molecule has 2 amide bonds. The van der Waals surface area contributed by atoms with Gasteiger partial charge in [0.15, 0.2) is 0 Å². The van der Waals surface area contributed by atoms with Crippen LogP contribution in [-0.2, 0) is 9.53 Å². The number of anilines is 1. The van der Waals surface area contributed by atoms with Gasteiger partial charge in [0, 0.05) is 17.4 Å². The third kappa shape index (κ3) is 5.40. The minimum absolute atomic E-state index is 0.0726. The fourth-order valence-corrected chi connectivity index (χ4v) is 2.26. The molecule has 0 spiro atoms. The molecule has 2 rings (SSSR count). The van der Waals surface area contributed by atoms with Crippen molar-refractivity contribution in [1.29, 1.82) is 0 Å². The lowest BCUT2D eigenvalue weighted by Gasteiger charge is -2.21. The lowest BCUT2D eigenvalue weighted by Crippen LogP contribution is -2.38. The summed E-state index contributed by atoms with van der Waals surface area (Å²) >= 11 is 0. The molecule has 2 N–H and O–H groups in total. The van der Waals surface area contributed by atoms with Crippen LogP contribution in [0.15, 0.2) is 6.07 Å². The first-order valence-corrected chi connectivity index (χ1v) is 8.04. The molecular formula is C16H24N6O3. The highest BCUT2D eigenvalue weighted by Crippen LogP contribution is 2.10. The van der Waals surface area contributed by atoms with Crippen LogP contribution in [0.1, 0.15) is 45.5 Å². The van der Waals surface area contributed by atoms with Crippen molar-refractivity contribution in [2.24, 2.45) is 0 Å². The maximum absolute atomic E-state index is 12.0. The van der Waals surface area contributed by atoms with E-state index in [2.05, 4.69) is 25.7 Å². The van der Waals surface area contributed by atoms with E-state index < -0.39 is 17.7 Å². The summed E-state index contributed by atoms with van der Waals surface area (Å²) in [5.74, 6) is 0.180. The Kier molecular flexibility index (Phi) is 5.24. The first-order chi connectivity index (χ1) is 11.5. The number of amides is 2. The largest absolute Gasteiger partial charge is 0.460 e. The number of aryl methyl sites for hydroxylation is 2. The second-order valence-electron chi connectivity index (χ2n) is 6.98. The summed E-state index contributed by atoms with van der Waals surface area (Å²) in [5.41, 5.74) is 1.13. The molecule has 0 bridgehead atoms. The molecule has 25 heavy (non-hydrogen) atoms. The van der Waals surface area contributed by atoms with Crippen LogP contribution in [0.5, 0.6) is 0 Å². The zero-order valence-electron chi connectivity index (χ0n) is 15.4. The molecule has 0 aliphatic carbocycles. The second-order valence-corrected chi connectivity index (χ2v) is 6.98. The van der Waals surface area contributed by atoms with E-state index in [1.165, 1.54) is 0 Å². The van der Waals surface area contributed by atoms with Gasteiger partial charge in [0.25, 0.3) is 11.7 Å². The monoisotopic (exact) mass is 348 g/mol. The van der Waals surface area contributed by atoms with Crippen molar-refractivity contribution in [3.8, 4) is 0 Å². The smallest absolute Gasteiger partial charge is 0.321 e. The zero-order valence-corrected chi connectivity index (χ0v) is 15.4. The van der Waals surface area contributed by atoms with E-state index in [1.54, 1.807) is 32.2 Å². The topological polar surface area (TPSA) is 111 Å². The highest BCUT2D eigenvalue weighted by Gasteiger charge is 2.20. The molecule has 9 nitrogen and oxygen atoms in total. The van der Waals surface area contributed by atoms with Crippen LogP contribution >= 0.6 is 0 Å². The maximum atomic E-state index is 12.0. The van der Waals surface area contributed by atoms with Crippen LogP contribution in [0.4, 0.5) is 10.7 Å². The van der Waals surface area contributed by atoms with Gasteiger partial charge >= 0.3 is 12.0 Å². The Bertz CT molecular complexity index is 793. The quantitative estimate of drug-likeness (QED) is 0.818. The summed E-state index contributed by atoms with van der Waals surface area (Å²) in [4.78, 5) is 32.2. The lowest BCUT2D eigenvalue weighted by atomic mass is 10.2. The molecule has 2 aromatic heterocycles. The van der Waals surface area contributed by atoms with Crippen molar-refractivity contribution in [3.63, 3.8) is 0 Å². The molecule has 0 saturated heterocycles. The zero-order chi connectivity index (χ0) is 18.8. The van der Waals surface area contributed by atoms with E-state index in [-0.39, 0.29) is 18.3 Å². The average Bonchev–Trinajstić information content (AvgIpc) is 2.77. The van der Waals surface area contributed by atoms with Crippen molar-refractivity contribution in [1.82, 2.24) is 24.9 Å². The predicted molar refractivity (Wildman–Crippen MR) is 92.3 cm³/mol. The highest BCUT2D eigenvalue weighted by molar-refractivity contribution is 5.88. The Balaban J connectivity index is 1.94. The molecule has 9 heteroatoms. The molecule has 0 aromatic carbocycles. The van der Waals surface area contributed by atoms with Crippen LogP contribution < -0.4 is 10.6 Å². The van der Waals surface area contributed by atoms with Gasteiger partial charge in [-0.2, -0.15) is 9.50 Å². The van der Waals surface area contributed by atoms with Gasteiger partial charge in [-0.1, -0.05) is 0 Å². The van der Waals surface area contributed by atoms with Crippen molar-refractivity contribution in [2.75, 3.05) is 5.32 Å². The maximum Gasteiger partial charge on any atom is 0.321 e. The van der Waals surface area contributed by atoms with Gasteiger partial charge in [0.05, 0.1) is 6.42 Å². The molecule has 0 radical (unpaired) electrons. The molecule has 0 saturated carbocycles. The summed E-state index contributed by atoms with van der Waals surface area (Å²) in [6, 6.07) is 0.976. The summed E-state index contributed by atoms with van der Waals surface area (Å²) in [6.07, 6.45) is 0.0726. The van der Waals surface area contributed by atoms with Crippen molar-refractivity contribution < 1.29 is 14.3 Å². The molecule has 0 aliphatic heterocycles. The Morgan fingerprint density at radius 1 is 1.28 bits per heavy atom. The third-order valence-electron chi connectivity index (χ3n) is 3.11. The van der Waals surface area contributed by atoms with E-state index in [1.807, 2.05) is 19.9 Å². The normalized spacial score (nSPS) is 12.7. The Hall–Kier alpha value is -2.71. The number of hydrogen-bond acceptors (Lipinski definition) is 6. The van der Waals surface area contributed by atoms with Crippen LogP contribution in [-0.4, -0.2) is 43.2 Å². The number of carbonyl (C=O) groups excluding carboxylic acids is 2. The minimum atomic E-state index is -0.553. The van der Waals surface area contributed by atoms with Gasteiger partial charge in [-0.3, -0.25) is 10.1 Å². The number of rotatable bonds is 4. The molecule has 2 aromatic rings. The fraction of sp³-hybridized carbons (Fsp3) is 0.562. The van der Waals surface area contributed by atoms with Crippen LogP contribution in [0, 0.1) is 13.8 Å². The molecule has 0 fully saturated rings. The van der Waals surface area contributed by atoms with Crippen molar-refractivity contribution in [3.05, 3.63) is 17.5 Å². The van der Waals surface area contributed by atoms with E-state index in [4.69, 9.17) is 4.74 Å². The Morgan fingerprint density at radius 2 is 1.96 bits per heavy atom. The van der Waals surface area contributed by atoms with E-state index >= 15 is 0 Å². The molecule has 2 heterocycles. The van der Waals surface area contributed by atoms with Gasteiger partial charge < -0.3 is 10.1 Å². The van der Waals surface area contributed by atoms with Crippen molar-refractivity contribution >= 4 is 23.7 Å². The second kappa shape index (κ2) is 7.04. The molecule has 1 atom stereocenters. The lowest BCUT2D eigenvalue weighted by molar-refractivity contribution is -0.155. The van der Waals surface area contributed by atoms with Gasteiger partial charge in [-0.15, -0.1) is 5.10 Å². The number of urea groups is 1. The summed E-state index contributed by atoms with van der Waals surface area (Å²) in [5, 5.41) is 9.39. The standard InChI is InChI=1S/C16H24N6O3/c1-9-7-11(3)22-14(17-9)19-13(21-22)20-15(24)18-10(2)8-12(23)25-16(4,5)6/h7,10H,8H2,1-6H3,(H2,18,20,21,24)/t10-/m1/s1. The number of nitrogens with one attached hydrogen (secondary N) is 2. The predicted octanol–water partition coefficient (Wildman–Crippen LogP) is 1.98. The van der Waals surface area contributed by atoms with Crippen LogP contribution in [0.2, 0.25) is 0 Å². The molecule has 136 valence electrons. The number of fused-ring (bicyclic) bond motifs is 1. The van der Waals surface area contributed by atoms with E-state index in [0.717, 1.165) is 11.4 Å². The number of esters is 1. The third-order valence-corrected chi connectivity index (χ3v) is 3.11. The number of nitrogens with zero attached hydrogens (tertiary/aromatic N) is 4. The average molecular weight is 348 g/mol. The van der Waals surface area contributed by atoms with E-state index in [9.17, 15) is 9.59 Å². The first-order valence-electron chi connectivity index (χ1n) is 8.04. The van der Waals surface area contributed by atoms with E-state index in [0.29, 0.717) is 5.78 Å². The number of carbonyl (C=O) groups is 2. The Morgan fingerprint density at radius 3 is 2.60 bits per heavy atom. The molecular weight excluding hydrogens is 324 g/mol. The molecule has 0 unspecified atom stereocenters. The van der Waals surface area contributed by atoms with Crippen molar-refractivity contribution in [2.45, 2.75) is 59.6 Å².